The number of hydrogen-bond donors (Lipinski definition) is 1. The molecule has 0 radical (unpaired) electrons. The number of carbonyl (C=O) groups is 1. The average molecular weight is 380 g/mol. The van der Waals surface area contributed by atoms with Gasteiger partial charge in [0.15, 0.2) is 0 Å². The molecular formula is C17H18ClN3O3S. The van der Waals surface area contributed by atoms with E-state index in [0.29, 0.717) is 19.6 Å². The molecule has 2 heterocycles. The van der Waals surface area contributed by atoms with Crippen LogP contribution in [0.15, 0.2) is 47.6 Å². The number of carbonyl (C=O) groups excluding carboxylic acids is 1. The van der Waals surface area contributed by atoms with Gasteiger partial charge >= 0.3 is 0 Å². The van der Waals surface area contributed by atoms with Gasteiger partial charge in [-0.05, 0) is 42.7 Å². The van der Waals surface area contributed by atoms with Crippen LogP contribution in [0.1, 0.15) is 28.8 Å². The van der Waals surface area contributed by atoms with E-state index in [1.165, 1.54) is 22.5 Å². The van der Waals surface area contributed by atoms with E-state index in [1.54, 1.807) is 18.5 Å². The van der Waals surface area contributed by atoms with Crippen LogP contribution in [0, 0.1) is 0 Å². The second-order valence-electron chi connectivity index (χ2n) is 5.80. The molecule has 1 amide bonds. The fourth-order valence-corrected chi connectivity index (χ4v) is 4.71. The Kier molecular flexibility index (Phi) is 5.36. The summed E-state index contributed by atoms with van der Waals surface area (Å²) >= 11 is 6.09. The summed E-state index contributed by atoms with van der Waals surface area (Å²) in [4.78, 5) is 16.3. The van der Waals surface area contributed by atoms with Gasteiger partial charge in [0.2, 0.25) is 10.0 Å². The molecule has 1 aromatic carbocycles. The van der Waals surface area contributed by atoms with Crippen LogP contribution in [-0.4, -0.2) is 36.7 Å². The molecule has 0 unspecified atom stereocenters. The zero-order valence-electron chi connectivity index (χ0n) is 13.5. The van der Waals surface area contributed by atoms with E-state index >= 15 is 0 Å². The summed E-state index contributed by atoms with van der Waals surface area (Å²) in [5.74, 6) is -0.363. The maximum atomic E-state index is 12.7. The van der Waals surface area contributed by atoms with Crippen molar-refractivity contribution in [1.82, 2.24) is 14.6 Å². The molecule has 25 heavy (non-hydrogen) atoms. The summed E-state index contributed by atoms with van der Waals surface area (Å²) in [6.45, 7) is 1.27. The van der Waals surface area contributed by atoms with Gasteiger partial charge in [-0.15, -0.1) is 0 Å². The quantitative estimate of drug-likeness (QED) is 0.865. The van der Waals surface area contributed by atoms with Gasteiger partial charge in [0.1, 0.15) is 4.90 Å². The summed E-state index contributed by atoms with van der Waals surface area (Å²) in [5.41, 5.74) is 1.11. The Morgan fingerprint density at radius 1 is 1.24 bits per heavy atom. The second kappa shape index (κ2) is 7.51. The predicted octanol–water partition coefficient (Wildman–Crippen LogP) is 2.45. The van der Waals surface area contributed by atoms with Crippen LogP contribution in [0.5, 0.6) is 0 Å². The Labute approximate surface area is 151 Å². The number of sulfonamides is 1. The van der Waals surface area contributed by atoms with Crippen molar-refractivity contribution >= 4 is 27.5 Å². The molecule has 8 heteroatoms. The lowest BCUT2D eigenvalue weighted by atomic mass is 10.2. The second-order valence-corrected chi connectivity index (χ2v) is 8.11. The van der Waals surface area contributed by atoms with Gasteiger partial charge in [-0.2, -0.15) is 4.31 Å². The van der Waals surface area contributed by atoms with Crippen molar-refractivity contribution in [3.63, 3.8) is 0 Å². The standard InChI is InChI=1S/C17H18ClN3O3S/c18-15-6-5-14(17(22)20-12-13-4-3-7-19-11-13)10-16(15)25(23,24)21-8-1-2-9-21/h3-7,10-11H,1-2,8-9,12H2,(H,20,22). The molecule has 0 atom stereocenters. The zero-order valence-corrected chi connectivity index (χ0v) is 15.1. The first-order valence-corrected chi connectivity index (χ1v) is 9.77. The largest absolute Gasteiger partial charge is 0.348 e. The number of rotatable bonds is 5. The number of amides is 1. The number of nitrogens with zero attached hydrogens (tertiary/aromatic N) is 2. The van der Waals surface area contributed by atoms with Gasteiger partial charge in [0.25, 0.3) is 5.91 Å². The first-order chi connectivity index (χ1) is 12.0. The molecule has 1 fully saturated rings. The Morgan fingerprint density at radius 2 is 2.00 bits per heavy atom. The molecule has 2 aromatic rings. The zero-order chi connectivity index (χ0) is 17.9. The van der Waals surface area contributed by atoms with E-state index in [2.05, 4.69) is 10.3 Å². The van der Waals surface area contributed by atoms with Crippen LogP contribution in [0.3, 0.4) is 0 Å². The van der Waals surface area contributed by atoms with Gasteiger partial charge < -0.3 is 5.32 Å². The van der Waals surface area contributed by atoms with Gasteiger partial charge in [0, 0.05) is 37.6 Å². The van der Waals surface area contributed by atoms with Crippen molar-refractivity contribution in [2.24, 2.45) is 0 Å². The number of nitrogens with one attached hydrogen (secondary N) is 1. The van der Waals surface area contributed by atoms with Gasteiger partial charge in [0.05, 0.1) is 5.02 Å². The summed E-state index contributed by atoms with van der Waals surface area (Å²) in [6.07, 6.45) is 4.98. The van der Waals surface area contributed by atoms with Gasteiger partial charge in [-0.25, -0.2) is 8.42 Å². The number of benzene rings is 1. The van der Waals surface area contributed by atoms with Crippen molar-refractivity contribution in [2.45, 2.75) is 24.3 Å². The first-order valence-electron chi connectivity index (χ1n) is 7.95. The number of aromatic nitrogens is 1. The van der Waals surface area contributed by atoms with Crippen molar-refractivity contribution in [3.05, 3.63) is 58.9 Å². The smallest absolute Gasteiger partial charge is 0.251 e. The van der Waals surface area contributed by atoms with Crippen LogP contribution in [-0.2, 0) is 16.6 Å². The molecular weight excluding hydrogens is 362 g/mol. The molecule has 3 rings (SSSR count). The Morgan fingerprint density at radius 3 is 2.68 bits per heavy atom. The van der Waals surface area contributed by atoms with E-state index in [1.807, 2.05) is 6.07 Å². The lowest BCUT2D eigenvalue weighted by Crippen LogP contribution is -2.29. The summed E-state index contributed by atoms with van der Waals surface area (Å²) in [5, 5.41) is 2.87. The molecule has 1 aliphatic heterocycles. The van der Waals surface area contributed by atoms with E-state index in [-0.39, 0.29) is 21.4 Å². The molecule has 132 valence electrons. The van der Waals surface area contributed by atoms with Crippen LogP contribution < -0.4 is 5.32 Å². The Bertz CT molecular complexity index is 866. The Hall–Kier alpha value is -1.96. The van der Waals surface area contributed by atoms with E-state index < -0.39 is 10.0 Å². The van der Waals surface area contributed by atoms with E-state index in [0.717, 1.165) is 18.4 Å². The molecule has 1 saturated heterocycles. The molecule has 1 aromatic heterocycles. The molecule has 0 aliphatic carbocycles. The molecule has 0 spiro atoms. The van der Waals surface area contributed by atoms with Crippen LogP contribution >= 0.6 is 11.6 Å². The summed E-state index contributed by atoms with van der Waals surface area (Å²) in [6, 6.07) is 7.94. The fourth-order valence-electron chi connectivity index (χ4n) is 2.70. The highest BCUT2D eigenvalue weighted by atomic mass is 35.5. The van der Waals surface area contributed by atoms with Gasteiger partial charge in [-0.1, -0.05) is 17.7 Å². The maximum absolute atomic E-state index is 12.7. The third kappa shape index (κ3) is 4.00. The maximum Gasteiger partial charge on any atom is 0.251 e. The third-order valence-corrected chi connectivity index (χ3v) is 6.43. The Balaban J connectivity index is 1.80. The van der Waals surface area contributed by atoms with Crippen LogP contribution in [0.25, 0.3) is 0 Å². The number of halogens is 1. The molecule has 0 saturated carbocycles. The summed E-state index contributed by atoms with van der Waals surface area (Å²) in [7, 11) is -3.68. The molecule has 0 bridgehead atoms. The molecule has 6 nitrogen and oxygen atoms in total. The first kappa shape index (κ1) is 17.8. The highest BCUT2D eigenvalue weighted by Gasteiger charge is 2.29. The normalized spacial score (nSPS) is 15.2. The highest BCUT2D eigenvalue weighted by molar-refractivity contribution is 7.89. The predicted molar refractivity (Wildman–Crippen MR) is 94.9 cm³/mol. The van der Waals surface area contributed by atoms with Crippen molar-refractivity contribution in [2.75, 3.05) is 13.1 Å². The number of pyridine rings is 1. The summed E-state index contributed by atoms with van der Waals surface area (Å²) < 4.78 is 26.8. The van der Waals surface area contributed by atoms with Crippen molar-refractivity contribution in [1.29, 1.82) is 0 Å². The molecule has 1 N–H and O–H groups in total. The van der Waals surface area contributed by atoms with Crippen LogP contribution in [0.4, 0.5) is 0 Å². The monoisotopic (exact) mass is 379 g/mol. The molecule has 1 aliphatic rings. The fraction of sp³-hybridized carbons (Fsp3) is 0.294. The SMILES string of the molecule is O=C(NCc1cccnc1)c1ccc(Cl)c(S(=O)(=O)N2CCCC2)c1. The van der Waals surface area contributed by atoms with Crippen LogP contribution in [0.2, 0.25) is 5.02 Å². The highest BCUT2D eigenvalue weighted by Crippen LogP contribution is 2.28. The number of hydrogen-bond acceptors (Lipinski definition) is 4. The minimum Gasteiger partial charge on any atom is -0.348 e. The lowest BCUT2D eigenvalue weighted by molar-refractivity contribution is 0.0950. The van der Waals surface area contributed by atoms with Crippen molar-refractivity contribution < 1.29 is 13.2 Å². The minimum atomic E-state index is -3.68. The lowest BCUT2D eigenvalue weighted by Gasteiger charge is -2.17. The van der Waals surface area contributed by atoms with Crippen molar-refractivity contribution in [3.8, 4) is 0 Å². The van der Waals surface area contributed by atoms with E-state index in [9.17, 15) is 13.2 Å². The van der Waals surface area contributed by atoms with E-state index in [4.69, 9.17) is 11.6 Å². The topological polar surface area (TPSA) is 79.4 Å². The minimum absolute atomic E-state index is 0.0231. The third-order valence-electron chi connectivity index (χ3n) is 4.05. The average Bonchev–Trinajstić information content (AvgIpc) is 3.16. The van der Waals surface area contributed by atoms with Gasteiger partial charge in [-0.3, -0.25) is 9.78 Å².